The zero-order valence-electron chi connectivity index (χ0n) is 18.7. The molecule has 0 bridgehead atoms. The minimum atomic E-state index is -0.331. The van der Waals surface area contributed by atoms with Crippen LogP contribution in [0.25, 0.3) is 0 Å². The molecule has 4 rings (SSSR count). The van der Waals surface area contributed by atoms with Gasteiger partial charge in [0.1, 0.15) is 0 Å². The molecule has 0 aromatic carbocycles. The molecule has 3 saturated carbocycles. The standard InChI is InChI=1S/C25H40O4/c1-15(5-8-22(28)29-4)18-6-7-19-23-20(10-12-25(18,19)3)24(2)11-9-17(26)13-16(24)14-21(23)27/h13,15,17-21,23,26-27H,5-12,14H2,1-4H3. The quantitative estimate of drug-likeness (QED) is 0.535. The van der Waals surface area contributed by atoms with E-state index in [4.69, 9.17) is 4.74 Å². The summed E-state index contributed by atoms with van der Waals surface area (Å²) in [5.74, 6) is 2.53. The highest BCUT2D eigenvalue weighted by Gasteiger charge is 2.61. The molecule has 4 nitrogen and oxygen atoms in total. The number of carbonyl (C=O) groups is 1. The van der Waals surface area contributed by atoms with Crippen LogP contribution in [0.15, 0.2) is 11.6 Å². The third kappa shape index (κ3) is 3.39. The van der Waals surface area contributed by atoms with E-state index in [0.29, 0.717) is 36.0 Å². The molecule has 4 aliphatic carbocycles. The van der Waals surface area contributed by atoms with Crippen molar-refractivity contribution < 1.29 is 19.7 Å². The van der Waals surface area contributed by atoms with Crippen molar-refractivity contribution in [2.45, 2.75) is 90.8 Å². The normalized spacial score (nSPS) is 47.4. The van der Waals surface area contributed by atoms with Crippen LogP contribution < -0.4 is 0 Å². The number of carbonyl (C=O) groups excluding carboxylic acids is 1. The number of esters is 1. The molecule has 3 fully saturated rings. The second kappa shape index (κ2) is 7.67. The van der Waals surface area contributed by atoms with Crippen molar-refractivity contribution in [3.63, 3.8) is 0 Å². The summed E-state index contributed by atoms with van der Waals surface area (Å²) in [6, 6.07) is 0. The molecule has 0 amide bonds. The van der Waals surface area contributed by atoms with E-state index in [-0.39, 0.29) is 29.0 Å². The van der Waals surface area contributed by atoms with Gasteiger partial charge < -0.3 is 14.9 Å². The molecule has 0 aromatic rings. The van der Waals surface area contributed by atoms with E-state index >= 15 is 0 Å². The van der Waals surface area contributed by atoms with E-state index in [1.807, 2.05) is 0 Å². The van der Waals surface area contributed by atoms with Crippen LogP contribution in [0.3, 0.4) is 0 Å². The Morgan fingerprint density at radius 3 is 2.66 bits per heavy atom. The number of fused-ring (bicyclic) bond motifs is 5. The van der Waals surface area contributed by atoms with E-state index in [0.717, 1.165) is 25.7 Å². The van der Waals surface area contributed by atoms with Crippen LogP contribution in [0.1, 0.15) is 78.6 Å². The average molecular weight is 405 g/mol. The van der Waals surface area contributed by atoms with E-state index in [1.54, 1.807) is 0 Å². The fourth-order valence-corrected chi connectivity index (χ4v) is 8.30. The van der Waals surface area contributed by atoms with Gasteiger partial charge in [0.25, 0.3) is 0 Å². The van der Waals surface area contributed by atoms with Crippen molar-refractivity contribution in [2.75, 3.05) is 7.11 Å². The first kappa shape index (κ1) is 21.4. The third-order valence-electron chi connectivity index (χ3n) is 9.90. The molecule has 29 heavy (non-hydrogen) atoms. The van der Waals surface area contributed by atoms with Crippen LogP contribution >= 0.6 is 0 Å². The molecule has 0 spiro atoms. The first-order valence-corrected chi connectivity index (χ1v) is 11.8. The summed E-state index contributed by atoms with van der Waals surface area (Å²) in [5.41, 5.74) is 1.73. The lowest BCUT2D eigenvalue weighted by Gasteiger charge is -2.60. The van der Waals surface area contributed by atoms with Gasteiger partial charge in [0.05, 0.1) is 19.3 Å². The van der Waals surface area contributed by atoms with Crippen molar-refractivity contribution in [3.8, 4) is 0 Å². The highest BCUT2D eigenvalue weighted by Crippen LogP contribution is 2.67. The Bertz CT molecular complexity index is 672. The Morgan fingerprint density at radius 2 is 1.93 bits per heavy atom. The van der Waals surface area contributed by atoms with Gasteiger partial charge in [0.15, 0.2) is 0 Å². The van der Waals surface area contributed by atoms with Crippen LogP contribution in [0.2, 0.25) is 0 Å². The first-order valence-electron chi connectivity index (χ1n) is 11.8. The van der Waals surface area contributed by atoms with Crippen LogP contribution in [0.4, 0.5) is 0 Å². The predicted molar refractivity (Wildman–Crippen MR) is 113 cm³/mol. The zero-order chi connectivity index (χ0) is 21.0. The fraction of sp³-hybridized carbons (Fsp3) is 0.880. The minimum Gasteiger partial charge on any atom is -0.469 e. The van der Waals surface area contributed by atoms with E-state index in [1.165, 1.54) is 38.4 Å². The number of rotatable bonds is 4. The summed E-state index contributed by atoms with van der Waals surface area (Å²) in [4.78, 5) is 11.6. The van der Waals surface area contributed by atoms with Crippen LogP contribution in [0.5, 0.6) is 0 Å². The second-order valence-corrected chi connectivity index (χ2v) is 11.1. The van der Waals surface area contributed by atoms with Crippen LogP contribution in [0, 0.1) is 40.4 Å². The van der Waals surface area contributed by atoms with Crippen molar-refractivity contribution in [2.24, 2.45) is 40.4 Å². The van der Waals surface area contributed by atoms with Gasteiger partial charge in [-0.1, -0.05) is 32.4 Å². The summed E-state index contributed by atoms with van der Waals surface area (Å²) < 4.78 is 4.85. The number of methoxy groups -OCH3 is 1. The van der Waals surface area contributed by atoms with Gasteiger partial charge in [-0.2, -0.15) is 0 Å². The maximum Gasteiger partial charge on any atom is 0.305 e. The maximum atomic E-state index is 11.6. The molecule has 164 valence electrons. The Morgan fingerprint density at radius 1 is 1.17 bits per heavy atom. The second-order valence-electron chi connectivity index (χ2n) is 11.1. The lowest BCUT2D eigenvalue weighted by atomic mass is 9.45. The molecule has 0 heterocycles. The molecule has 9 atom stereocenters. The van der Waals surface area contributed by atoms with Gasteiger partial charge in [-0.25, -0.2) is 0 Å². The lowest BCUT2D eigenvalue weighted by Crippen LogP contribution is -2.55. The van der Waals surface area contributed by atoms with Crippen molar-refractivity contribution >= 4 is 5.97 Å². The van der Waals surface area contributed by atoms with Gasteiger partial charge in [-0.05, 0) is 91.8 Å². The molecular weight excluding hydrogens is 364 g/mol. The number of hydrogen-bond acceptors (Lipinski definition) is 4. The molecule has 0 radical (unpaired) electrons. The molecule has 0 aliphatic heterocycles. The lowest BCUT2D eigenvalue weighted by molar-refractivity contribution is -0.141. The summed E-state index contributed by atoms with van der Waals surface area (Å²) in [7, 11) is 1.47. The van der Waals surface area contributed by atoms with E-state index in [2.05, 4.69) is 26.8 Å². The highest BCUT2D eigenvalue weighted by atomic mass is 16.5. The number of aliphatic hydroxyl groups is 2. The molecule has 9 unspecified atom stereocenters. The minimum absolute atomic E-state index is 0.102. The summed E-state index contributed by atoms with van der Waals surface area (Å²) in [5, 5.41) is 21.4. The van der Waals surface area contributed by atoms with Crippen molar-refractivity contribution in [3.05, 3.63) is 11.6 Å². The number of ether oxygens (including phenoxy) is 1. The predicted octanol–water partition coefficient (Wildman–Crippen LogP) is 4.49. The molecule has 4 heteroatoms. The fourth-order valence-electron chi connectivity index (χ4n) is 8.30. The molecule has 2 N–H and O–H groups in total. The monoisotopic (exact) mass is 404 g/mol. The van der Waals surface area contributed by atoms with Crippen molar-refractivity contribution in [1.29, 1.82) is 0 Å². The van der Waals surface area contributed by atoms with E-state index in [9.17, 15) is 15.0 Å². The zero-order valence-corrected chi connectivity index (χ0v) is 18.7. The molecule has 4 aliphatic rings. The Hall–Kier alpha value is -0.870. The van der Waals surface area contributed by atoms with Gasteiger partial charge in [-0.15, -0.1) is 0 Å². The van der Waals surface area contributed by atoms with Crippen LogP contribution in [-0.4, -0.2) is 35.5 Å². The van der Waals surface area contributed by atoms with Gasteiger partial charge in [0.2, 0.25) is 0 Å². The summed E-state index contributed by atoms with van der Waals surface area (Å²) >= 11 is 0. The Kier molecular flexibility index (Phi) is 5.65. The third-order valence-corrected chi connectivity index (χ3v) is 9.90. The maximum absolute atomic E-state index is 11.6. The molecule has 0 saturated heterocycles. The molecule has 0 aromatic heterocycles. The van der Waals surface area contributed by atoms with E-state index < -0.39 is 0 Å². The SMILES string of the molecule is COC(=O)CCC(C)C1CCC2C3C(O)CC4=CC(O)CCC4(C)C3CCC12C. The summed E-state index contributed by atoms with van der Waals surface area (Å²) in [6.45, 7) is 7.20. The first-order chi connectivity index (χ1) is 13.7. The average Bonchev–Trinajstić information content (AvgIpc) is 3.04. The smallest absolute Gasteiger partial charge is 0.305 e. The topological polar surface area (TPSA) is 66.8 Å². The van der Waals surface area contributed by atoms with Crippen LogP contribution in [-0.2, 0) is 9.53 Å². The summed E-state index contributed by atoms with van der Waals surface area (Å²) in [6.07, 6.45) is 10.3. The van der Waals surface area contributed by atoms with Gasteiger partial charge in [-0.3, -0.25) is 4.79 Å². The molecular formula is C25H40O4. The van der Waals surface area contributed by atoms with Gasteiger partial charge >= 0.3 is 5.97 Å². The number of hydrogen-bond donors (Lipinski definition) is 2. The Balaban J connectivity index is 1.55. The number of aliphatic hydroxyl groups excluding tert-OH is 2. The van der Waals surface area contributed by atoms with Gasteiger partial charge in [0, 0.05) is 6.42 Å². The Labute approximate surface area is 176 Å². The highest BCUT2D eigenvalue weighted by molar-refractivity contribution is 5.69. The largest absolute Gasteiger partial charge is 0.469 e. The van der Waals surface area contributed by atoms with Crippen molar-refractivity contribution in [1.82, 2.24) is 0 Å².